The summed E-state index contributed by atoms with van der Waals surface area (Å²) in [5.41, 5.74) is -0.987. The molecule has 0 aromatic rings. The molecule has 0 spiro atoms. The lowest BCUT2D eigenvalue weighted by molar-refractivity contribution is -0.143. The average molecular weight is 343 g/mol. The van der Waals surface area contributed by atoms with Crippen LogP contribution in [-0.2, 0) is 4.79 Å². The highest BCUT2D eigenvalue weighted by molar-refractivity contribution is 5.68. The maximum Gasteiger partial charge on any atom is 0.306 e. The Morgan fingerprint density at radius 2 is 1.00 bits per heavy atom. The molecule has 0 bridgehead atoms. The lowest BCUT2D eigenvalue weighted by atomic mass is 9.87. The van der Waals surface area contributed by atoms with E-state index in [1.54, 1.807) is 0 Å². The van der Waals surface area contributed by atoms with Crippen molar-refractivity contribution in [2.24, 2.45) is 0 Å². The van der Waals surface area contributed by atoms with Crippen molar-refractivity contribution >= 4 is 5.97 Å². The van der Waals surface area contributed by atoms with Crippen molar-refractivity contribution in [3.63, 3.8) is 0 Å². The summed E-state index contributed by atoms with van der Waals surface area (Å²) in [7, 11) is 0. The molecular weight excluding hydrogens is 300 g/mol. The van der Waals surface area contributed by atoms with Gasteiger partial charge in [-0.25, -0.2) is 0 Å². The Morgan fingerprint density at radius 1 is 0.667 bits per heavy atom. The van der Waals surface area contributed by atoms with Crippen LogP contribution in [0.2, 0.25) is 0 Å². The first kappa shape index (κ1) is 23.4. The smallest absolute Gasteiger partial charge is 0.306 e. The van der Waals surface area contributed by atoms with Gasteiger partial charge in [0.05, 0.1) is 12.0 Å². The zero-order valence-corrected chi connectivity index (χ0v) is 16.3. The monoisotopic (exact) mass is 342 g/mol. The first-order chi connectivity index (χ1) is 11.5. The van der Waals surface area contributed by atoms with Crippen LogP contribution < -0.4 is 0 Å². The van der Waals surface area contributed by atoms with E-state index < -0.39 is 11.6 Å². The Morgan fingerprint density at radius 3 is 1.33 bits per heavy atom. The molecule has 0 amide bonds. The third kappa shape index (κ3) is 15.0. The van der Waals surface area contributed by atoms with Crippen molar-refractivity contribution in [1.29, 1.82) is 0 Å². The minimum atomic E-state index is -0.987. The van der Waals surface area contributed by atoms with Crippen LogP contribution in [0.3, 0.4) is 0 Å². The van der Waals surface area contributed by atoms with Crippen molar-refractivity contribution in [2.75, 3.05) is 0 Å². The van der Waals surface area contributed by atoms with E-state index in [4.69, 9.17) is 5.11 Å². The molecule has 0 aliphatic carbocycles. The van der Waals surface area contributed by atoms with Gasteiger partial charge >= 0.3 is 5.97 Å². The maximum atomic E-state index is 11.1. The summed E-state index contributed by atoms with van der Waals surface area (Å²) in [6.45, 7) is 4.43. The molecule has 144 valence electrons. The lowest BCUT2D eigenvalue weighted by Gasteiger charge is -2.26. The fraction of sp³-hybridized carbons (Fsp3) is 0.952. The molecule has 0 fully saturated rings. The molecule has 1 unspecified atom stereocenters. The number of aliphatic hydroxyl groups is 1. The van der Waals surface area contributed by atoms with Crippen LogP contribution in [0.25, 0.3) is 0 Å². The van der Waals surface area contributed by atoms with Gasteiger partial charge in [-0.3, -0.25) is 4.79 Å². The van der Waals surface area contributed by atoms with E-state index in [0.29, 0.717) is 12.8 Å². The Hall–Kier alpha value is -0.570. The van der Waals surface area contributed by atoms with Gasteiger partial charge in [0.15, 0.2) is 0 Å². The van der Waals surface area contributed by atoms with Crippen molar-refractivity contribution in [2.45, 2.75) is 129 Å². The molecule has 1 atom stereocenters. The van der Waals surface area contributed by atoms with Crippen LogP contribution in [0.4, 0.5) is 0 Å². The normalized spacial score (nSPS) is 13.8. The van der Waals surface area contributed by atoms with Crippen molar-refractivity contribution in [1.82, 2.24) is 0 Å². The van der Waals surface area contributed by atoms with E-state index in [0.717, 1.165) is 25.7 Å². The molecule has 0 aromatic carbocycles. The van der Waals surface area contributed by atoms with E-state index in [2.05, 4.69) is 13.8 Å². The molecule has 0 saturated heterocycles. The molecule has 0 aliphatic heterocycles. The van der Waals surface area contributed by atoms with Crippen LogP contribution in [0, 0.1) is 0 Å². The Bertz CT molecular complexity index is 291. The summed E-state index contributed by atoms with van der Waals surface area (Å²) in [5, 5.41) is 19.8. The number of hydrogen-bond acceptors (Lipinski definition) is 2. The van der Waals surface area contributed by atoms with Crippen molar-refractivity contribution < 1.29 is 15.0 Å². The standard InChI is InChI=1S/C21H42O3/c1-3-5-7-9-11-12-14-16-18-21(24,19-20(22)23)17-15-13-10-8-6-4-2/h24H,3-19H2,1-2H3,(H,22,23). The minimum Gasteiger partial charge on any atom is -0.481 e. The summed E-state index contributed by atoms with van der Waals surface area (Å²) in [5.74, 6) is -0.872. The van der Waals surface area contributed by atoms with E-state index >= 15 is 0 Å². The van der Waals surface area contributed by atoms with E-state index in [1.165, 1.54) is 64.2 Å². The molecule has 0 aliphatic rings. The summed E-state index contributed by atoms with van der Waals surface area (Å²) >= 11 is 0. The molecule has 0 radical (unpaired) electrons. The maximum absolute atomic E-state index is 11.1. The SMILES string of the molecule is CCCCCCCCCCC(O)(CCCCCCCC)CC(=O)O. The first-order valence-electron chi connectivity index (χ1n) is 10.5. The molecule has 3 heteroatoms. The predicted molar refractivity (Wildman–Crippen MR) is 102 cm³/mol. The van der Waals surface area contributed by atoms with Crippen LogP contribution in [0.5, 0.6) is 0 Å². The summed E-state index contributed by atoms with van der Waals surface area (Å²) < 4.78 is 0. The highest BCUT2D eigenvalue weighted by Crippen LogP contribution is 2.26. The van der Waals surface area contributed by atoms with Gasteiger partial charge in [0.1, 0.15) is 0 Å². The molecule has 0 heterocycles. The number of aliphatic carboxylic acids is 1. The van der Waals surface area contributed by atoms with Gasteiger partial charge in [-0.1, -0.05) is 104 Å². The van der Waals surface area contributed by atoms with Crippen LogP contribution >= 0.6 is 0 Å². The lowest BCUT2D eigenvalue weighted by Crippen LogP contribution is -2.31. The van der Waals surface area contributed by atoms with Crippen LogP contribution in [0.15, 0.2) is 0 Å². The number of carbonyl (C=O) groups is 1. The van der Waals surface area contributed by atoms with Gasteiger partial charge in [0.2, 0.25) is 0 Å². The minimum absolute atomic E-state index is 0.0988. The van der Waals surface area contributed by atoms with Gasteiger partial charge in [-0.2, -0.15) is 0 Å². The molecule has 0 saturated carbocycles. The number of hydrogen-bond donors (Lipinski definition) is 2. The Labute approximate surface area is 150 Å². The molecule has 24 heavy (non-hydrogen) atoms. The summed E-state index contributed by atoms with van der Waals surface area (Å²) in [6, 6.07) is 0. The molecular formula is C21H42O3. The largest absolute Gasteiger partial charge is 0.481 e. The summed E-state index contributed by atoms with van der Waals surface area (Å²) in [4.78, 5) is 11.1. The zero-order chi connectivity index (χ0) is 18.1. The van der Waals surface area contributed by atoms with Crippen molar-refractivity contribution in [3.05, 3.63) is 0 Å². The number of carboxylic acid groups (broad SMARTS) is 1. The Balaban J connectivity index is 3.87. The second-order valence-electron chi connectivity index (χ2n) is 7.54. The zero-order valence-electron chi connectivity index (χ0n) is 16.3. The Kier molecular flexibility index (Phi) is 15.6. The van der Waals surface area contributed by atoms with E-state index in [9.17, 15) is 9.90 Å². The quantitative estimate of drug-likeness (QED) is 0.280. The van der Waals surface area contributed by atoms with Gasteiger partial charge in [0.25, 0.3) is 0 Å². The highest BCUT2D eigenvalue weighted by atomic mass is 16.4. The van der Waals surface area contributed by atoms with E-state index in [-0.39, 0.29) is 6.42 Å². The molecule has 3 nitrogen and oxygen atoms in total. The number of rotatable bonds is 18. The van der Waals surface area contributed by atoms with Crippen molar-refractivity contribution in [3.8, 4) is 0 Å². The van der Waals surface area contributed by atoms with E-state index in [1.807, 2.05) is 0 Å². The highest BCUT2D eigenvalue weighted by Gasteiger charge is 2.28. The number of unbranched alkanes of at least 4 members (excludes halogenated alkanes) is 12. The second kappa shape index (κ2) is 15.9. The average Bonchev–Trinajstić information content (AvgIpc) is 2.52. The van der Waals surface area contributed by atoms with Gasteiger partial charge in [-0.15, -0.1) is 0 Å². The molecule has 0 rings (SSSR count). The summed E-state index contributed by atoms with van der Waals surface area (Å²) in [6.07, 6.45) is 18.0. The second-order valence-corrected chi connectivity index (χ2v) is 7.54. The fourth-order valence-corrected chi connectivity index (χ4v) is 3.41. The molecule has 2 N–H and O–H groups in total. The van der Waals surface area contributed by atoms with Gasteiger partial charge < -0.3 is 10.2 Å². The fourth-order valence-electron chi connectivity index (χ4n) is 3.41. The van der Waals surface area contributed by atoms with Crippen LogP contribution in [-0.4, -0.2) is 21.8 Å². The van der Waals surface area contributed by atoms with Gasteiger partial charge in [0, 0.05) is 0 Å². The third-order valence-corrected chi connectivity index (χ3v) is 4.97. The topological polar surface area (TPSA) is 57.5 Å². The van der Waals surface area contributed by atoms with Crippen LogP contribution in [0.1, 0.15) is 123 Å². The number of carboxylic acids is 1. The predicted octanol–water partition coefficient (Wildman–Crippen LogP) is 6.47. The molecule has 0 aromatic heterocycles. The van der Waals surface area contributed by atoms with Gasteiger partial charge in [-0.05, 0) is 12.8 Å². The third-order valence-electron chi connectivity index (χ3n) is 4.97. The first-order valence-corrected chi connectivity index (χ1v) is 10.5.